The summed E-state index contributed by atoms with van der Waals surface area (Å²) in [7, 11) is 1.44. The standard InChI is InChI=1S/C21H34O2/c1-15(14-19(22)23-6)8-10-17-16(2)9-11-18-20(3,4)12-7-13-21(17,18)5/h14,17-18H,2,7-13H2,1,3-6H3/b15-14-/t17-,18-,21+/m0/s1. The van der Waals surface area contributed by atoms with Gasteiger partial charge >= 0.3 is 5.97 Å². The van der Waals surface area contributed by atoms with E-state index in [1.54, 1.807) is 6.08 Å². The second-order valence-electron chi connectivity index (χ2n) is 8.70. The van der Waals surface area contributed by atoms with Crippen molar-refractivity contribution < 1.29 is 9.53 Å². The molecule has 0 radical (unpaired) electrons. The van der Waals surface area contributed by atoms with Gasteiger partial charge in [0.05, 0.1) is 7.11 Å². The lowest BCUT2D eigenvalue weighted by atomic mass is 9.47. The van der Waals surface area contributed by atoms with Crippen LogP contribution in [0.2, 0.25) is 0 Å². The van der Waals surface area contributed by atoms with E-state index in [-0.39, 0.29) is 5.97 Å². The Morgan fingerprint density at radius 1 is 1.35 bits per heavy atom. The Hall–Kier alpha value is -1.05. The maximum Gasteiger partial charge on any atom is 0.330 e. The molecule has 2 fully saturated rings. The van der Waals surface area contributed by atoms with Gasteiger partial charge in [0.15, 0.2) is 0 Å². The number of rotatable bonds is 4. The Morgan fingerprint density at radius 3 is 2.70 bits per heavy atom. The SMILES string of the molecule is C=C1CC[C@H]2C(C)(C)CCC[C@]2(C)[C@H]1CC/C(C)=C\C(=O)OC. The van der Waals surface area contributed by atoms with E-state index in [0.29, 0.717) is 16.7 Å². The number of fused-ring (bicyclic) bond motifs is 1. The van der Waals surface area contributed by atoms with Crippen LogP contribution in [0.3, 0.4) is 0 Å². The van der Waals surface area contributed by atoms with E-state index < -0.39 is 0 Å². The smallest absolute Gasteiger partial charge is 0.330 e. The van der Waals surface area contributed by atoms with Crippen molar-refractivity contribution >= 4 is 5.97 Å². The molecule has 0 heterocycles. The van der Waals surface area contributed by atoms with Crippen LogP contribution < -0.4 is 0 Å². The molecule has 0 spiro atoms. The van der Waals surface area contributed by atoms with E-state index in [4.69, 9.17) is 4.74 Å². The maximum atomic E-state index is 11.4. The summed E-state index contributed by atoms with van der Waals surface area (Å²) in [4.78, 5) is 11.4. The van der Waals surface area contributed by atoms with Gasteiger partial charge in [0.2, 0.25) is 0 Å². The van der Waals surface area contributed by atoms with Crippen molar-refractivity contribution in [2.24, 2.45) is 22.7 Å². The van der Waals surface area contributed by atoms with Crippen LogP contribution in [-0.4, -0.2) is 13.1 Å². The zero-order chi connectivity index (χ0) is 17.3. The summed E-state index contributed by atoms with van der Waals surface area (Å²) in [5.41, 5.74) is 3.38. The summed E-state index contributed by atoms with van der Waals surface area (Å²) in [6.07, 6.45) is 10.2. The Balaban J connectivity index is 2.14. The molecule has 130 valence electrons. The molecule has 0 aromatic heterocycles. The fourth-order valence-corrected chi connectivity index (χ4v) is 5.51. The first-order chi connectivity index (χ1) is 10.7. The van der Waals surface area contributed by atoms with Gasteiger partial charge in [-0.3, -0.25) is 0 Å². The molecular formula is C21H34O2. The molecule has 23 heavy (non-hydrogen) atoms. The maximum absolute atomic E-state index is 11.4. The predicted octanol–water partition coefficient (Wildman–Crippen LogP) is 5.68. The average molecular weight is 319 g/mol. The fourth-order valence-electron chi connectivity index (χ4n) is 5.51. The number of esters is 1. The van der Waals surface area contributed by atoms with Gasteiger partial charge in [0.1, 0.15) is 0 Å². The summed E-state index contributed by atoms with van der Waals surface area (Å²) in [6, 6.07) is 0. The Bertz CT molecular complexity index is 500. The molecule has 0 aliphatic heterocycles. The van der Waals surface area contributed by atoms with E-state index in [1.165, 1.54) is 44.8 Å². The van der Waals surface area contributed by atoms with Gasteiger partial charge in [-0.25, -0.2) is 4.79 Å². The Labute approximate surface area is 142 Å². The van der Waals surface area contributed by atoms with Crippen molar-refractivity contribution in [3.8, 4) is 0 Å². The largest absolute Gasteiger partial charge is 0.466 e. The molecule has 0 aromatic rings. The van der Waals surface area contributed by atoms with E-state index in [0.717, 1.165) is 24.3 Å². The van der Waals surface area contributed by atoms with Crippen LogP contribution in [0.1, 0.15) is 72.6 Å². The number of carbonyl (C=O) groups is 1. The quantitative estimate of drug-likeness (QED) is 0.378. The van der Waals surface area contributed by atoms with Crippen LogP contribution in [0.25, 0.3) is 0 Å². The van der Waals surface area contributed by atoms with Crippen molar-refractivity contribution in [3.63, 3.8) is 0 Å². The van der Waals surface area contributed by atoms with Crippen LogP contribution in [0.4, 0.5) is 0 Å². The zero-order valence-electron chi connectivity index (χ0n) is 15.7. The molecule has 0 unspecified atom stereocenters. The highest BCUT2D eigenvalue weighted by molar-refractivity contribution is 5.82. The Morgan fingerprint density at radius 2 is 2.04 bits per heavy atom. The molecular weight excluding hydrogens is 284 g/mol. The first-order valence-corrected chi connectivity index (χ1v) is 9.13. The van der Waals surface area contributed by atoms with Gasteiger partial charge < -0.3 is 4.74 Å². The molecule has 0 bridgehead atoms. The number of hydrogen-bond acceptors (Lipinski definition) is 2. The highest BCUT2D eigenvalue weighted by Crippen LogP contribution is 2.61. The molecule has 3 atom stereocenters. The number of ether oxygens (including phenoxy) is 1. The number of carbonyl (C=O) groups excluding carboxylic acids is 1. The number of allylic oxidation sites excluding steroid dienone is 2. The summed E-state index contributed by atoms with van der Waals surface area (Å²) in [5, 5.41) is 0. The first-order valence-electron chi connectivity index (χ1n) is 9.13. The van der Waals surface area contributed by atoms with Crippen molar-refractivity contribution in [3.05, 3.63) is 23.8 Å². The summed E-state index contributed by atoms with van der Waals surface area (Å²) >= 11 is 0. The molecule has 0 amide bonds. The van der Waals surface area contributed by atoms with Crippen LogP contribution in [0.15, 0.2) is 23.8 Å². The molecule has 2 saturated carbocycles. The van der Waals surface area contributed by atoms with Crippen molar-refractivity contribution in [1.82, 2.24) is 0 Å². The number of methoxy groups -OCH3 is 1. The van der Waals surface area contributed by atoms with E-state index >= 15 is 0 Å². The lowest BCUT2D eigenvalue weighted by molar-refractivity contribution is -0.134. The lowest BCUT2D eigenvalue weighted by Gasteiger charge is -2.58. The molecule has 2 aliphatic rings. The monoisotopic (exact) mass is 318 g/mol. The van der Waals surface area contributed by atoms with E-state index in [9.17, 15) is 4.79 Å². The molecule has 0 saturated heterocycles. The van der Waals surface area contributed by atoms with Crippen molar-refractivity contribution in [2.45, 2.75) is 72.6 Å². The minimum Gasteiger partial charge on any atom is -0.466 e. The van der Waals surface area contributed by atoms with E-state index in [1.807, 2.05) is 6.92 Å². The van der Waals surface area contributed by atoms with Gasteiger partial charge in [0, 0.05) is 6.08 Å². The highest BCUT2D eigenvalue weighted by atomic mass is 16.5. The highest BCUT2D eigenvalue weighted by Gasteiger charge is 2.52. The summed E-state index contributed by atoms with van der Waals surface area (Å²) < 4.78 is 4.73. The minimum absolute atomic E-state index is 0.243. The van der Waals surface area contributed by atoms with Gasteiger partial charge in [0.25, 0.3) is 0 Å². The summed E-state index contributed by atoms with van der Waals surface area (Å²) in [6.45, 7) is 13.9. The lowest BCUT2D eigenvalue weighted by Crippen LogP contribution is -2.49. The van der Waals surface area contributed by atoms with Crippen LogP contribution in [0.5, 0.6) is 0 Å². The van der Waals surface area contributed by atoms with Crippen LogP contribution in [-0.2, 0) is 9.53 Å². The third-order valence-corrected chi connectivity index (χ3v) is 6.71. The molecule has 2 rings (SSSR count). The summed E-state index contributed by atoms with van der Waals surface area (Å²) in [5.74, 6) is 1.14. The van der Waals surface area contributed by atoms with Gasteiger partial charge in [-0.1, -0.05) is 44.9 Å². The molecule has 0 N–H and O–H groups in total. The van der Waals surface area contributed by atoms with Crippen LogP contribution in [0, 0.1) is 22.7 Å². The first kappa shape index (κ1) is 18.3. The van der Waals surface area contributed by atoms with Gasteiger partial charge in [-0.15, -0.1) is 0 Å². The minimum atomic E-state index is -0.243. The van der Waals surface area contributed by atoms with E-state index in [2.05, 4.69) is 27.4 Å². The van der Waals surface area contributed by atoms with Gasteiger partial charge in [-0.2, -0.15) is 0 Å². The molecule has 2 nitrogen and oxygen atoms in total. The zero-order valence-corrected chi connectivity index (χ0v) is 15.7. The Kier molecular flexibility index (Phi) is 5.43. The van der Waals surface area contributed by atoms with Crippen LogP contribution >= 0.6 is 0 Å². The average Bonchev–Trinajstić information content (AvgIpc) is 2.45. The fraction of sp³-hybridized carbons (Fsp3) is 0.762. The number of hydrogen-bond donors (Lipinski definition) is 0. The normalized spacial score (nSPS) is 34.0. The third kappa shape index (κ3) is 3.72. The van der Waals surface area contributed by atoms with Crippen molar-refractivity contribution in [1.29, 1.82) is 0 Å². The van der Waals surface area contributed by atoms with Crippen molar-refractivity contribution in [2.75, 3.05) is 7.11 Å². The third-order valence-electron chi connectivity index (χ3n) is 6.71. The molecule has 0 aromatic carbocycles. The topological polar surface area (TPSA) is 26.3 Å². The second kappa shape index (κ2) is 6.83. The second-order valence-corrected chi connectivity index (χ2v) is 8.70. The molecule has 2 heteroatoms. The molecule has 2 aliphatic carbocycles. The predicted molar refractivity (Wildman–Crippen MR) is 96.1 cm³/mol. The van der Waals surface area contributed by atoms with Gasteiger partial charge in [-0.05, 0) is 68.1 Å².